The van der Waals surface area contributed by atoms with Crippen LogP contribution < -0.4 is 16.0 Å². The minimum absolute atomic E-state index is 0. The molecular formula is C18H30IN5O3. The summed E-state index contributed by atoms with van der Waals surface area (Å²) >= 11 is 0. The van der Waals surface area contributed by atoms with Crippen LogP contribution in [0.3, 0.4) is 0 Å². The first kappa shape index (κ1) is 23.4. The van der Waals surface area contributed by atoms with Crippen LogP contribution in [0.2, 0.25) is 0 Å². The lowest BCUT2D eigenvalue weighted by Crippen LogP contribution is -2.39. The third kappa shape index (κ3) is 10.3. The van der Waals surface area contributed by atoms with Crippen molar-refractivity contribution < 1.29 is 9.66 Å². The first-order chi connectivity index (χ1) is 12.7. The maximum atomic E-state index is 10.6. The fraction of sp³-hybridized carbons (Fsp3) is 0.611. The molecule has 27 heavy (non-hydrogen) atoms. The Morgan fingerprint density at radius 1 is 1.26 bits per heavy atom. The molecule has 0 aromatic heterocycles. The second kappa shape index (κ2) is 13.5. The third-order valence-corrected chi connectivity index (χ3v) is 3.94. The highest BCUT2D eigenvalue weighted by Crippen LogP contribution is 2.28. The van der Waals surface area contributed by atoms with Gasteiger partial charge in [0.05, 0.1) is 4.92 Å². The van der Waals surface area contributed by atoms with Gasteiger partial charge in [0.15, 0.2) is 5.96 Å². The summed E-state index contributed by atoms with van der Waals surface area (Å²) in [7, 11) is 0. The van der Waals surface area contributed by atoms with Crippen LogP contribution in [0.5, 0.6) is 0 Å². The summed E-state index contributed by atoms with van der Waals surface area (Å²) in [6.45, 7) is 6.62. The Morgan fingerprint density at radius 2 is 2.00 bits per heavy atom. The number of benzene rings is 1. The number of nitro groups is 1. The highest BCUT2D eigenvalue weighted by atomic mass is 127. The van der Waals surface area contributed by atoms with Gasteiger partial charge in [-0.3, -0.25) is 15.1 Å². The maximum absolute atomic E-state index is 10.6. The Bertz CT molecular complexity index is 579. The molecule has 3 N–H and O–H groups in total. The molecule has 1 fully saturated rings. The lowest BCUT2D eigenvalue weighted by Gasteiger charge is -2.12. The summed E-state index contributed by atoms with van der Waals surface area (Å²) in [5.74, 6) is 1.60. The molecule has 0 bridgehead atoms. The molecule has 0 spiro atoms. The van der Waals surface area contributed by atoms with Crippen LogP contribution in [0, 0.1) is 16.0 Å². The molecule has 152 valence electrons. The molecule has 1 saturated carbocycles. The van der Waals surface area contributed by atoms with Crippen molar-refractivity contribution in [2.24, 2.45) is 10.9 Å². The van der Waals surface area contributed by atoms with Crippen molar-refractivity contribution in [1.29, 1.82) is 0 Å². The SMILES string of the molecule is CCNC(=NCCCOCC1CC1)NCCNc1ccc([N+](=O)[O-])cc1.I. The number of nitro benzene ring substituents is 1. The van der Waals surface area contributed by atoms with E-state index in [0.29, 0.717) is 13.1 Å². The number of halogens is 1. The summed E-state index contributed by atoms with van der Waals surface area (Å²) in [4.78, 5) is 14.8. The molecule has 1 aromatic rings. The van der Waals surface area contributed by atoms with Crippen LogP contribution in [-0.2, 0) is 4.74 Å². The summed E-state index contributed by atoms with van der Waals surface area (Å²) < 4.78 is 5.61. The average Bonchev–Trinajstić information content (AvgIpc) is 3.46. The zero-order valence-corrected chi connectivity index (χ0v) is 18.1. The van der Waals surface area contributed by atoms with Gasteiger partial charge in [-0.05, 0) is 44.2 Å². The number of ether oxygens (including phenoxy) is 1. The first-order valence-corrected chi connectivity index (χ1v) is 9.27. The number of hydrogen-bond acceptors (Lipinski definition) is 5. The fourth-order valence-electron chi connectivity index (χ4n) is 2.32. The van der Waals surface area contributed by atoms with Crippen LogP contribution >= 0.6 is 24.0 Å². The summed E-state index contributed by atoms with van der Waals surface area (Å²) in [6, 6.07) is 6.40. The number of nitrogens with zero attached hydrogens (tertiary/aromatic N) is 2. The topological polar surface area (TPSA) is 101 Å². The van der Waals surface area contributed by atoms with Gasteiger partial charge < -0.3 is 20.7 Å². The van der Waals surface area contributed by atoms with E-state index in [2.05, 4.69) is 20.9 Å². The molecule has 0 amide bonds. The molecule has 9 heteroatoms. The van der Waals surface area contributed by atoms with Gasteiger partial charge in [-0.2, -0.15) is 0 Å². The molecule has 0 unspecified atom stereocenters. The van der Waals surface area contributed by atoms with Gasteiger partial charge in [-0.15, -0.1) is 24.0 Å². The Labute approximate surface area is 177 Å². The van der Waals surface area contributed by atoms with Crippen molar-refractivity contribution in [3.05, 3.63) is 34.4 Å². The largest absolute Gasteiger partial charge is 0.383 e. The Morgan fingerprint density at radius 3 is 2.63 bits per heavy atom. The maximum Gasteiger partial charge on any atom is 0.269 e. The highest BCUT2D eigenvalue weighted by molar-refractivity contribution is 14.0. The molecule has 2 rings (SSSR count). The summed E-state index contributed by atoms with van der Waals surface area (Å²) in [6.07, 6.45) is 3.56. The minimum atomic E-state index is -0.401. The molecular weight excluding hydrogens is 461 g/mol. The van der Waals surface area contributed by atoms with E-state index in [1.165, 1.54) is 25.0 Å². The van der Waals surface area contributed by atoms with Gasteiger partial charge in [-0.25, -0.2) is 0 Å². The van der Waals surface area contributed by atoms with Crippen molar-refractivity contribution in [1.82, 2.24) is 10.6 Å². The van der Waals surface area contributed by atoms with E-state index in [1.54, 1.807) is 12.1 Å². The Kier molecular flexibility index (Phi) is 11.7. The highest BCUT2D eigenvalue weighted by Gasteiger charge is 2.20. The monoisotopic (exact) mass is 491 g/mol. The number of hydrogen-bond donors (Lipinski definition) is 3. The van der Waals surface area contributed by atoms with Crippen LogP contribution in [-0.4, -0.2) is 50.3 Å². The van der Waals surface area contributed by atoms with Gasteiger partial charge in [0.2, 0.25) is 0 Å². The Balaban J connectivity index is 0.00000364. The number of nitrogens with one attached hydrogen (secondary N) is 3. The van der Waals surface area contributed by atoms with E-state index in [9.17, 15) is 10.1 Å². The van der Waals surface area contributed by atoms with Gasteiger partial charge in [-0.1, -0.05) is 0 Å². The van der Waals surface area contributed by atoms with E-state index >= 15 is 0 Å². The standard InChI is InChI=1S/C18H29N5O3.HI/c1-2-19-18(21-10-3-13-26-14-15-4-5-15)22-12-11-20-16-6-8-17(9-7-16)23(24)25;/h6-9,15,20H,2-5,10-14H2,1H3,(H2,19,21,22);1H. The third-order valence-electron chi connectivity index (χ3n) is 3.94. The molecule has 0 saturated heterocycles. The van der Waals surface area contributed by atoms with Crippen molar-refractivity contribution in [2.45, 2.75) is 26.2 Å². The average molecular weight is 491 g/mol. The lowest BCUT2D eigenvalue weighted by molar-refractivity contribution is -0.384. The number of guanidine groups is 1. The van der Waals surface area contributed by atoms with E-state index in [4.69, 9.17) is 4.74 Å². The number of anilines is 1. The number of non-ortho nitro benzene ring substituents is 1. The molecule has 0 radical (unpaired) electrons. The normalized spacial score (nSPS) is 13.6. The van der Waals surface area contributed by atoms with Gasteiger partial charge in [0.25, 0.3) is 5.69 Å². The zero-order chi connectivity index (χ0) is 18.6. The van der Waals surface area contributed by atoms with Gasteiger partial charge in [0, 0.05) is 57.2 Å². The molecule has 1 aliphatic carbocycles. The van der Waals surface area contributed by atoms with Crippen LogP contribution in [0.4, 0.5) is 11.4 Å². The zero-order valence-electron chi connectivity index (χ0n) is 15.8. The van der Waals surface area contributed by atoms with Crippen molar-refractivity contribution >= 4 is 41.3 Å². The summed E-state index contributed by atoms with van der Waals surface area (Å²) in [5.41, 5.74) is 0.948. The van der Waals surface area contributed by atoms with Gasteiger partial charge >= 0.3 is 0 Å². The second-order valence-electron chi connectivity index (χ2n) is 6.29. The molecule has 8 nitrogen and oxygen atoms in total. The second-order valence-corrected chi connectivity index (χ2v) is 6.29. The quantitative estimate of drug-likeness (QED) is 0.104. The summed E-state index contributed by atoms with van der Waals surface area (Å²) in [5, 5.41) is 20.3. The molecule has 0 heterocycles. The van der Waals surface area contributed by atoms with E-state index in [-0.39, 0.29) is 29.7 Å². The van der Waals surface area contributed by atoms with Crippen LogP contribution in [0.1, 0.15) is 26.2 Å². The Hall–Kier alpha value is -1.62. The van der Waals surface area contributed by atoms with E-state index in [0.717, 1.165) is 50.3 Å². The lowest BCUT2D eigenvalue weighted by atomic mass is 10.3. The molecule has 1 aliphatic rings. The molecule has 0 aliphatic heterocycles. The molecule has 0 atom stereocenters. The van der Waals surface area contributed by atoms with Crippen LogP contribution in [0.25, 0.3) is 0 Å². The predicted octanol–water partition coefficient (Wildman–Crippen LogP) is 3.00. The first-order valence-electron chi connectivity index (χ1n) is 9.27. The smallest absolute Gasteiger partial charge is 0.269 e. The van der Waals surface area contributed by atoms with Gasteiger partial charge in [0.1, 0.15) is 0 Å². The minimum Gasteiger partial charge on any atom is -0.383 e. The predicted molar refractivity (Wildman–Crippen MR) is 119 cm³/mol. The van der Waals surface area contributed by atoms with E-state index in [1.807, 2.05) is 6.92 Å². The van der Waals surface area contributed by atoms with Crippen molar-refractivity contribution in [3.8, 4) is 0 Å². The van der Waals surface area contributed by atoms with E-state index < -0.39 is 4.92 Å². The van der Waals surface area contributed by atoms with Crippen LogP contribution in [0.15, 0.2) is 29.3 Å². The van der Waals surface area contributed by atoms with Crippen molar-refractivity contribution in [3.63, 3.8) is 0 Å². The molecule has 1 aromatic carbocycles. The van der Waals surface area contributed by atoms with Crippen molar-refractivity contribution in [2.75, 3.05) is 44.7 Å². The number of aliphatic imine (C=N–C) groups is 1. The number of rotatable bonds is 12. The fourth-order valence-corrected chi connectivity index (χ4v) is 2.32.